The highest BCUT2D eigenvalue weighted by atomic mass is 32.1. The third kappa shape index (κ3) is 5.68. The number of ether oxygens (including phenoxy) is 1. The molecule has 2 heterocycles. The van der Waals surface area contributed by atoms with Gasteiger partial charge in [0, 0.05) is 55.3 Å². The van der Waals surface area contributed by atoms with Crippen LogP contribution in [0.4, 0.5) is 5.69 Å². The molecule has 5 heteroatoms. The second-order valence-electron chi connectivity index (χ2n) is 7.20. The van der Waals surface area contributed by atoms with Crippen molar-refractivity contribution < 1.29 is 9.53 Å². The molecule has 0 spiro atoms. The smallest absolute Gasteiger partial charge is 0.246 e. The number of carbonyl (C=O) groups is 1. The van der Waals surface area contributed by atoms with Crippen molar-refractivity contribution in [3.63, 3.8) is 0 Å². The van der Waals surface area contributed by atoms with Crippen molar-refractivity contribution in [3.05, 3.63) is 57.8 Å². The molecule has 0 N–H and O–H groups in total. The number of rotatable bonds is 7. The Morgan fingerprint density at radius 1 is 1.22 bits per heavy atom. The first-order valence-electron chi connectivity index (χ1n) is 9.42. The Kier molecular flexibility index (Phi) is 6.69. The summed E-state index contributed by atoms with van der Waals surface area (Å²) in [6.07, 6.45) is 5.85. The van der Waals surface area contributed by atoms with Crippen LogP contribution in [0.3, 0.4) is 0 Å². The van der Waals surface area contributed by atoms with Gasteiger partial charge in [-0.1, -0.05) is 12.1 Å². The molecule has 2 aromatic rings. The highest BCUT2D eigenvalue weighted by Crippen LogP contribution is 2.19. The van der Waals surface area contributed by atoms with Crippen molar-refractivity contribution in [2.45, 2.75) is 32.4 Å². The zero-order valence-electron chi connectivity index (χ0n) is 16.4. The standard InChI is InChI=1S/C22H28N2O2S/c1-17-6-11-21(27-17)12-13-22(25)24(16-20-5-4-14-26-20)15-18-7-9-19(10-8-18)23(2)3/h6-13,20H,4-5,14-16H2,1-3H3/b13-12+/t20-/m1/s1. The lowest BCUT2D eigenvalue weighted by molar-refractivity contribution is -0.128. The van der Waals surface area contributed by atoms with Crippen LogP contribution in [-0.4, -0.2) is 44.2 Å². The first kappa shape index (κ1) is 19.6. The predicted molar refractivity (Wildman–Crippen MR) is 113 cm³/mol. The fraction of sp³-hybridized carbons (Fsp3) is 0.409. The van der Waals surface area contributed by atoms with E-state index in [1.165, 1.54) is 4.88 Å². The van der Waals surface area contributed by atoms with Crippen molar-refractivity contribution in [1.82, 2.24) is 4.90 Å². The summed E-state index contributed by atoms with van der Waals surface area (Å²) in [4.78, 5) is 19.2. The second-order valence-corrected chi connectivity index (χ2v) is 8.52. The average molecular weight is 385 g/mol. The summed E-state index contributed by atoms with van der Waals surface area (Å²) in [5.41, 5.74) is 2.29. The zero-order valence-corrected chi connectivity index (χ0v) is 17.2. The van der Waals surface area contributed by atoms with Gasteiger partial charge in [-0.3, -0.25) is 4.79 Å². The number of carbonyl (C=O) groups excluding carboxylic acids is 1. The lowest BCUT2D eigenvalue weighted by Gasteiger charge is -2.25. The molecule has 1 aromatic heterocycles. The van der Waals surface area contributed by atoms with Crippen LogP contribution < -0.4 is 4.90 Å². The molecule has 1 saturated heterocycles. The van der Waals surface area contributed by atoms with Gasteiger partial charge in [0.05, 0.1) is 6.10 Å². The lowest BCUT2D eigenvalue weighted by atomic mass is 10.1. The van der Waals surface area contributed by atoms with Crippen LogP contribution in [-0.2, 0) is 16.1 Å². The first-order valence-corrected chi connectivity index (χ1v) is 10.2. The topological polar surface area (TPSA) is 32.8 Å². The van der Waals surface area contributed by atoms with E-state index in [2.05, 4.69) is 42.2 Å². The summed E-state index contributed by atoms with van der Waals surface area (Å²) in [5.74, 6) is 0.0354. The number of thiophene rings is 1. The molecule has 27 heavy (non-hydrogen) atoms. The third-order valence-corrected chi connectivity index (χ3v) is 5.70. The number of aryl methyl sites for hydroxylation is 1. The van der Waals surface area contributed by atoms with E-state index in [1.807, 2.05) is 31.1 Å². The van der Waals surface area contributed by atoms with Crippen LogP contribution in [0.15, 0.2) is 42.5 Å². The second kappa shape index (κ2) is 9.20. The lowest BCUT2D eigenvalue weighted by Crippen LogP contribution is -2.35. The SMILES string of the molecule is Cc1ccc(/C=C/C(=O)N(Cc2ccc(N(C)C)cc2)C[C@H]2CCCO2)s1. The highest BCUT2D eigenvalue weighted by molar-refractivity contribution is 7.12. The minimum absolute atomic E-state index is 0.0354. The maximum absolute atomic E-state index is 12.9. The van der Waals surface area contributed by atoms with Crippen LogP contribution >= 0.6 is 11.3 Å². The van der Waals surface area contributed by atoms with Gasteiger partial charge in [-0.05, 0) is 55.7 Å². The fourth-order valence-corrected chi connectivity index (χ4v) is 3.97. The Balaban J connectivity index is 1.71. The van der Waals surface area contributed by atoms with Gasteiger partial charge < -0.3 is 14.5 Å². The van der Waals surface area contributed by atoms with Crippen molar-refractivity contribution in [3.8, 4) is 0 Å². The molecule has 1 amide bonds. The van der Waals surface area contributed by atoms with E-state index in [0.717, 1.165) is 35.6 Å². The third-order valence-electron chi connectivity index (χ3n) is 4.74. The monoisotopic (exact) mass is 384 g/mol. The minimum atomic E-state index is 0.0354. The number of hydrogen-bond donors (Lipinski definition) is 0. The van der Waals surface area contributed by atoms with Crippen LogP contribution in [0.2, 0.25) is 0 Å². The maximum atomic E-state index is 12.9. The van der Waals surface area contributed by atoms with Crippen LogP contribution in [0.5, 0.6) is 0 Å². The molecular formula is C22H28N2O2S. The van der Waals surface area contributed by atoms with E-state index in [1.54, 1.807) is 17.4 Å². The maximum Gasteiger partial charge on any atom is 0.246 e. The van der Waals surface area contributed by atoms with Crippen LogP contribution in [0.1, 0.15) is 28.2 Å². The minimum Gasteiger partial charge on any atom is -0.378 e. The molecule has 1 atom stereocenters. The molecule has 0 radical (unpaired) electrons. The Morgan fingerprint density at radius 3 is 2.59 bits per heavy atom. The molecule has 0 saturated carbocycles. The number of amides is 1. The molecule has 4 nitrogen and oxygen atoms in total. The van der Waals surface area contributed by atoms with Crippen molar-refractivity contribution in [1.29, 1.82) is 0 Å². The number of nitrogens with zero attached hydrogens (tertiary/aromatic N) is 2. The van der Waals surface area contributed by atoms with Gasteiger partial charge in [-0.2, -0.15) is 0 Å². The van der Waals surface area contributed by atoms with E-state index >= 15 is 0 Å². The summed E-state index contributed by atoms with van der Waals surface area (Å²) in [6, 6.07) is 12.5. The highest BCUT2D eigenvalue weighted by Gasteiger charge is 2.21. The molecule has 1 aliphatic heterocycles. The summed E-state index contributed by atoms with van der Waals surface area (Å²) >= 11 is 1.70. The molecule has 0 aliphatic carbocycles. The van der Waals surface area contributed by atoms with E-state index < -0.39 is 0 Å². The Hall–Kier alpha value is -2.11. The first-order chi connectivity index (χ1) is 13.0. The van der Waals surface area contributed by atoms with Crippen molar-refractivity contribution in [2.75, 3.05) is 32.1 Å². The molecule has 0 unspecified atom stereocenters. The Bertz CT molecular complexity index is 774. The zero-order chi connectivity index (χ0) is 19.2. The summed E-state index contributed by atoms with van der Waals surface area (Å²) < 4.78 is 5.77. The molecule has 3 rings (SSSR count). The van der Waals surface area contributed by atoms with E-state index in [-0.39, 0.29) is 12.0 Å². The van der Waals surface area contributed by atoms with Gasteiger partial charge in [0.1, 0.15) is 0 Å². The predicted octanol–water partition coefficient (Wildman–Crippen LogP) is 4.34. The van der Waals surface area contributed by atoms with Gasteiger partial charge in [0.2, 0.25) is 5.91 Å². The summed E-state index contributed by atoms with van der Waals surface area (Å²) in [7, 11) is 4.05. The Labute approximate surface area is 166 Å². The largest absolute Gasteiger partial charge is 0.378 e. The van der Waals surface area contributed by atoms with Crippen LogP contribution in [0.25, 0.3) is 6.08 Å². The number of benzene rings is 1. The summed E-state index contributed by atoms with van der Waals surface area (Å²) in [5, 5.41) is 0. The van der Waals surface area contributed by atoms with Crippen LogP contribution in [0, 0.1) is 6.92 Å². The van der Waals surface area contributed by atoms with Gasteiger partial charge in [0.15, 0.2) is 0 Å². The molecular weight excluding hydrogens is 356 g/mol. The molecule has 1 fully saturated rings. The molecule has 1 aromatic carbocycles. The summed E-state index contributed by atoms with van der Waals surface area (Å²) in [6.45, 7) is 4.11. The van der Waals surface area contributed by atoms with Crippen molar-refractivity contribution in [2.24, 2.45) is 0 Å². The molecule has 0 bridgehead atoms. The molecule has 144 valence electrons. The van der Waals surface area contributed by atoms with Gasteiger partial charge in [-0.15, -0.1) is 11.3 Å². The van der Waals surface area contributed by atoms with Gasteiger partial charge in [0.25, 0.3) is 0 Å². The number of anilines is 1. The normalized spacial score (nSPS) is 16.8. The van der Waals surface area contributed by atoms with E-state index in [9.17, 15) is 4.79 Å². The van der Waals surface area contributed by atoms with Gasteiger partial charge >= 0.3 is 0 Å². The Morgan fingerprint density at radius 2 is 2.00 bits per heavy atom. The number of hydrogen-bond acceptors (Lipinski definition) is 4. The van der Waals surface area contributed by atoms with Gasteiger partial charge in [-0.25, -0.2) is 0 Å². The quantitative estimate of drug-likeness (QED) is 0.666. The van der Waals surface area contributed by atoms with Crippen molar-refractivity contribution >= 4 is 29.0 Å². The van der Waals surface area contributed by atoms with E-state index in [4.69, 9.17) is 4.74 Å². The molecule has 1 aliphatic rings. The average Bonchev–Trinajstić information content (AvgIpc) is 3.31. The van der Waals surface area contributed by atoms with E-state index in [0.29, 0.717) is 13.1 Å². The fourth-order valence-electron chi connectivity index (χ4n) is 3.19.